The summed E-state index contributed by atoms with van der Waals surface area (Å²) in [5, 5.41) is 0. The monoisotopic (exact) mass is 240 g/mol. The van der Waals surface area contributed by atoms with Crippen LogP contribution < -0.4 is 0 Å². The molecule has 0 amide bonds. The maximum atomic E-state index is 5.34. The Hall–Kier alpha value is -0.160. The van der Waals surface area contributed by atoms with E-state index in [1.807, 2.05) is 0 Å². The summed E-state index contributed by atoms with van der Waals surface area (Å²) in [6.45, 7) is 6.63. The molecule has 3 heterocycles. The first kappa shape index (κ1) is 11.9. The molecule has 4 nitrogen and oxygen atoms in total. The molecule has 3 saturated heterocycles. The van der Waals surface area contributed by atoms with E-state index in [1.54, 1.807) is 0 Å². The van der Waals surface area contributed by atoms with E-state index in [0.717, 1.165) is 32.3 Å². The van der Waals surface area contributed by atoms with Crippen LogP contribution >= 0.6 is 0 Å². The van der Waals surface area contributed by atoms with Crippen LogP contribution in [0.2, 0.25) is 0 Å². The van der Waals surface area contributed by atoms with E-state index < -0.39 is 0 Å². The Morgan fingerprint density at radius 1 is 1.18 bits per heavy atom. The molecule has 3 fully saturated rings. The minimum absolute atomic E-state index is 0.509. The summed E-state index contributed by atoms with van der Waals surface area (Å²) in [4.78, 5) is 5.06. The van der Waals surface area contributed by atoms with Gasteiger partial charge in [0.05, 0.1) is 25.4 Å². The van der Waals surface area contributed by atoms with Gasteiger partial charge in [0.2, 0.25) is 0 Å². The molecule has 0 N–H and O–H groups in total. The topological polar surface area (TPSA) is 31.5 Å². The normalized spacial score (nSPS) is 36.7. The van der Waals surface area contributed by atoms with Gasteiger partial charge in [0.25, 0.3) is 0 Å². The van der Waals surface area contributed by atoms with Gasteiger partial charge >= 0.3 is 0 Å². The number of rotatable bonds is 7. The lowest BCUT2D eigenvalue weighted by Crippen LogP contribution is -2.36. The second-order valence-electron chi connectivity index (χ2n) is 5.74. The highest BCUT2D eigenvalue weighted by molar-refractivity contribution is 4.83. The number of hydrogen-bond acceptors (Lipinski definition) is 4. The van der Waals surface area contributed by atoms with Gasteiger partial charge in [-0.3, -0.25) is 4.90 Å². The summed E-state index contributed by atoms with van der Waals surface area (Å²) in [6.07, 6.45) is 5.07. The minimum Gasteiger partial charge on any atom is -0.372 e. The molecule has 0 aromatic rings. The molecule has 3 aliphatic rings. The van der Waals surface area contributed by atoms with E-state index in [2.05, 4.69) is 16.8 Å². The molecule has 0 saturated carbocycles. The maximum absolute atomic E-state index is 5.34. The first-order chi connectivity index (χ1) is 8.31. The van der Waals surface area contributed by atoms with Crippen LogP contribution in [0.3, 0.4) is 0 Å². The van der Waals surface area contributed by atoms with Gasteiger partial charge in [0, 0.05) is 19.1 Å². The van der Waals surface area contributed by atoms with Crippen LogP contribution in [0.1, 0.15) is 19.3 Å². The fourth-order valence-corrected chi connectivity index (χ4v) is 2.86. The summed E-state index contributed by atoms with van der Waals surface area (Å²) in [7, 11) is 2.26. The average Bonchev–Trinajstić information content (AvgIpc) is 3.21. The fraction of sp³-hybridized carbons (Fsp3) is 1.00. The third-order valence-electron chi connectivity index (χ3n) is 4.18. The standard InChI is InChI=1S/C13H24N2O2/c1-14-5-2-3-11(14)4-6-15(7-12-9-16-12)8-13-10-17-13/h11-13H,2-10H2,1H3. The van der Waals surface area contributed by atoms with E-state index >= 15 is 0 Å². The van der Waals surface area contributed by atoms with Crippen molar-refractivity contribution in [3.63, 3.8) is 0 Å². The van der Waals surface area contributed by atoms with Crippen molar-refractivity contribution in [2.45, 2.75) is 37.5 Å². The van der Waals surface area contributed by atoms with Gasteiger partial charge in [-0.25, -0.2) is 0 Å². The second-order valence-corrected chi connectivity index (χ2v) is 5.74. The van der Waals surface area contributed by atoms with Gasteiger partial charge < -0.3 is 14.4 Å². The van der Waals surface area contributed by atoms with Crippen LogP contribution in [0.4, 0.5) is 0 Å². The number of ether oxygens (including phenoxy) is 2. The van der Waals surface area contributed by atoms with E-state index in [9.17, 15) is 0 Å². The number of hydrogen-bond donors (Lipinski definition) is 0. The van der Waals surface area contributed by atoms with Gasteiger partial charge in [-0.15, -0.1) is 0 Å². The van der Waals surface area contributed by atoms with Crippen molar-refractivity contribution in [2.24, 2.45) is 0 Å². The summed E-state index contributed by atoms with van der Waals surface area (Å²) < 4.78 is 10.7. The Morgan fingerprint density at radius 3 is 2.29 bits per heavy atom. The summed E-state index contributed by atoms with van der Waals surface area (Å²) in [6, 6.07) is 0.803. The predicted octanol–water partition coefficient (Wildman–Crippen LogP) is 0.570. The zero-order valence-electron chi connectivity index (χ0n) is 10.8. The Bertz CT molecular complexity index is 240. The molecule has 0 aromatic carbocycles. The van der Waals surface area contributed by atoms with Crippen molar-refractivity contribution in [2.75, 3.05) is 46.4 Å². The van der Waals surface area contributed by atoms with E-state index in [4.69, 9.17) is 9.47 Å². The molecule has 98 valence electrons. The van der Waals surface area contributed by atoms with Crippen LogP contribution in [0.5, 0.6) is 0 Å². The van der Waals surface area contributed by atoms with Crippen molar-refractivity contribution in [3.05, 3.63) is 0 Å². The summed E-state index contributed by atoms with van der Waals surface area (Å²) in [5.41, 5.74) is 0. The zero-order valence-corrected chi connectivity index (χ0v) is 10.8. The maximum Gasteiger partial charge on any atom is 0.0936 e. The second kappa shape index (κ2) is 5.22. The molecule has 17 heavy (non-hydrogen) atoms. The lowest BCUT2D eigenvalue weighted by Gasteiger charge is -2.25. The van der Waals surface area contributed by atoms with E-state index in [1.165, 1.54) is 32.4 Å². The third kappa shape index (κ3) is 3.65. The highest BCUT2D eigenvalue weighted by Crippen LogP contribution is 2.20. The molecule has 4 heteroatoms. The first-order valence-electron chi connectivity index (χ1n) is 6.97. The third-order valence-corrected chi connectivity index (χ3v) is 4.18. The predicted molar refractivity (Wildman–Crippen MR) is 66.2 cm³/mol. The molecule has 0 bridgehead atoms. The van der Waals surface area contributed by atoms with Crippen LogP contribution in [0.15, 0.2) is 0 Å². The van der Waals surface area contributed by atoms with Gasteiger partial charge in [-0.05, 0) is 39.4 Å². The average molecular weight is 240 g/mol. The quantitative estimate of drug-likeness (QED) is 0.609. The van der Waals surface area contributed by atoms with E-state index in [0.29, 0.717) is 12.2 Å². The smallest absolute Gasteiger partial charge is 0.0936 e. The molecule has 3 rings (SSSR count). The lowest BCUT2D eigenvalue weighted by atomic mass is 10.1. The Kier molecular flexibility index (Phi) is 3.66. The molecular formula is C13H24N2O2. The molecule has 0 spiro atoms. The highest BCUT2D eigenvalue weighted by atomic mass is 16.6. The van der Waals surface area contributed by atoms with Crippen molar-refractivity contribution >= 4 is 0 Å². The van der Waals surface area contributed by atoms with Crippen molar-refractivity contribution in [1.82, 2.24) is 9.80 Å². The molecule has 3 unspecified atom stereocenters. The largest absolute Gasteiger partial charge is 0.372 e. The van der Waals surface area contributed by atoms with E-state index in [-0.39, 0.29) is 0 Å². The molecular weight excluding hydrogens is 216 g/mol. The van der Waals surface area contributed by atoms with Crippen molar-refractivity contribution < 1.29 is 9.47 Å². The van der Waals surface area contributed by atoms with Crippen LogP contribution in [-0.2, 0) is 9.47 Å². The van der Waals surface area contributed by atoms with Gasteiger partial charge in [-0.1, -0.05) is 0 Å². The Labute approximate surface area is 104 Å². The molecule has 0 aliphatic carbocycles. The highest BCUT2D eigenvalue weighted by Gasteiger charge is 2.31. The van der Waals surface area contributed by atoms with Crippen LogP contribution in [0, 0.1) is 0 Å². The SMILES string of the molecule is CN1CCCC1CCN(CC1CO1)CC1CO1. The number of nitrogens with zero attached hydrogens (tertiary/aromatic N) is 2. The molecule has 3 atom stereocenters. The summed E-state index contributed by atoms with van der Waals surface area (Å²) >= 11 is 0. The number of epoxide rings is 2. The minimum atomic E-state index is 0.509. The number of likely N-dealkylation sites (tertiary alicyclic amines) is 1. The van der Waals surface area contributed by atoms with Gasteiger partial charge in [0.1, 0.15) is 0 Å². The van der Waals surface area contributed by atoms with Gasteiger partial charge in [-0.2, -0.15) is 0 Å². The molecule has 3 aliphatic heterocycles. The Morgan fingerprint density at radius 2 is 1.82 bits per heavy atom. The summed E-state index contributed by atoms with van der Waals surface area (Å²) in [5.74, 6) is 0. The zero-order chi connectivity index (χ0) is 11.7. The fourth-order valence-electron chi connectivity index (χ4n) is 2.86. The van der Waals surface area contributed by atoms with Crippen molar-refractivity contribution in [3.8, 4) is 0 Å². The molecule has 0 radical (unpaired) electrons. The van der Waals surface area contributed by atoms with Crippen LogP contribution in [-0.4, -0.2) is 74.5 Å². The van der Waals surface area contributed by atoms with Gasteiger partial charge in [0.15, 0.2) is 0 Å². The lowest BCUT2D eigenvalue weighted by molar-refractivity contribution is 0.193. The Balaban J connectivity index is 1.41. The van der Waals surface area contributed by atoms with Crippen LogP contribution in [0.25, 0.3) is 0 Å². The first-order valence-corrected chi connectivity index (χ1v) is 6.97. The van der Waals surface area contributed by atoms with Crippen molar-refractivity contribution in [1.29, 1.82) is 0 Å². The molecule has 0 aromatic heterocycles.